The molecule has 4 rings (SSSR count). The molecule has 144 valence electrons. The highest BCUT2D eigenvalue weighted by Gasteiger charge is 2.28. The minimum absolute atomic E-state index is 0.0179. The summed E-state index contributed by atoms with van der Waals surface area (Å²) in [5.41, 5.74) is 1.43. The number of aryl methyl sites for hydroxylation is 1. The number of rotatable bonds is 4. The van der Waals surface area contributed by atoms with Gasteiger partial charge in [0.1, 0.15) is 17.8 Å². The van der Waals surface area contributed by atoms with E-state index in [9.17, 15) is 14.5 Å². The molecule has 0 spiro atoms. The molecule has 0 saturated carbocycles. The Bertz CT molecular complexity index is 1010. The molecule has 28 heavy (non-hydrogen) atoms. The maximum absolute atomic E-state index is 13.1. The highest BCUT2D eigenvalue weighted by Crippen LogP contribution is 2.31. The molecule has 8 nitrogen and oxygen atoms in total. The van der Waals surface area contributed by atoms with Gasteiger partial charge in [-0.05, 0) is 49.6 Å². The van der Waals surface area contributed by atoms with Crippen LogP contribution in [0.1, 0.15) is 30.2 Å². The van der Waals surface area contributed by atoms with Gasteiger partial charge in [0.15, 0.2) is 0 Å². The van der Waals surface area contributed by atoms with Crippen molar-refractivity contribution in [2.75, 3.05) is 18.0 Å². The summed E-state index contributed by atoms with van der Waals surface area (Å²) in [5, 5.41) is 14.9. The summed E-state index contributed by atoms with van der Waals surface area (Å²) >= 11 is 0. The Kier molecular flexibility index (Phi) is 4.72. The van der Waals surface area contributed by atoms with Crippen LogP contribution in [0.4, 0.5) is 15.9 Å². The number of anilines is 1. The molecule has 9 heteroatoms. The van der Waals surface area contributed by atoms with Crippen molar-refractivity contribution in [2.24, 2.45) is 0 Å². The van der Waals surface area contributed by atoms with Crippen molar-refractivity contribution in [2.45, 2.75) is 25.7 Å². The Labute approximate surface area is 160 Å². The molecule has 0 bridgehead atoms. The lowest BCUT2D eigenvalue weighted by Gasteiger charge is -2.32. The maximum Gasteiger partial charge on any atom is 0.287 e. The van der Waals surface area contributed by atoms with E-state index in [0.29, 0.717) is 23.8 Å². The molecule has 1 aliphatic rings. The van der Waals surface area contributed by atoms with Crippen LogP contribution < -0.4 is 4.90 Å². The van der Waals surface area contributed by atoms with Crippen LogP contribution in [-0.2, 0) is 0 Å². The van der Waals surface area contributed by atoms with Gasteiger partial charge in [-0.3, -0.25) is 10.1 Å². The van der Waals surface area contributed by atoms with E-state index in [-0.39, 0.29) is 17.4 Å². The molecule has 2 aromatic heterocycles. The van der Waals surface area contributed by atoms with Crippen LogP contribution in [0.5, 0.6) is 0 Å². The van der Waals surface area contributed by atoms with Crippen LogP contribution in [0.15, 0.2) is 41.1 Å². The fourth-order valence-electron chi connectivity index (χ4n) is 3.47. The molecule has 0 aliphatic carbocycles. The molecule has 0 amide bonds. The quantitative estimate of drug-likeness (QED) is 0.498. The first kappa shape index (κ1) is 18.0. The second kappa shape index (κ2) is 7.34. The van der Waals surface area contributed by atoms with Gasteiger partial charge in [0.25, 0.3) is 5.69 Å². The maximum atomic E-state index is 13.1. The molecule has 3 heterocycles. The third kappa shape index (κ3) is 3.55. The lowest BCUT2D eigenvalue weighted by Crippen LogP contribution is -2.35. The molecule has 0 radical (unpaired) electrons. The average molecular weight is 383 g/mol. The van der Waals surface area contributed by atoms with E-state index in [2.05, 4.69) is 20.0 Å². The van der Waals surface area contributed by atoms with Crippen molar-refractivity contribution in [3.05, 3.63) is 63.9 Å². The smallest absolute Gasteiger partial charge is 0.287 e. The third-order valence-electron chi connectivity index (χ3n) is 4.86. The Hall–Kier alpha value is -3.36. The molecule has 3 aromatic rings. The summed E-state index contributed by atoms with van der Waals surface area (Å²) < 4.78 is 18.6. The monoisotopic (exact) mass is 383 g/mol. The number of benzene rings is 1. The number of piperidine rings is 1. The van der Waals surface area contributed by atoms with Crippen LogP contribution in [-0.4, -0.2) is 33.1 Å². The van der Waals surface area contributed by atoms with E-state index < -0.39 is 4.92 Å². The number of aromatic nitrogens is 3. The molecular formula is C19H18FN5O3. The van der Waals surface area contributed by atoms with E-state index in [4.69, 9.17) is 4.52 Å². The zero-order valence-corrected chi connectivity index (χ0v) is 15.2. The molecule has 1 unspecified atom stereocenters. The topological polar surface area (TPSA) is 98.2 Å². The van der Waals surface area contributed by atoms with Crippen molar-refractivity contribution in [3.8, 4) is 11.4 Å². The van der Waals surface area contributed by atoms with E-state index >= 15 is 0 Å². The SMILES string of the molecule is Cc1cc([N+](=O)[O-])cnc1N1CCCC(c2nc(-c3ccc(F)cc3)no2)C1. The Morgan fingerprint density at radius 2 is 2.11 bits per heavy atom. The number of pyridine rings is 1. The summed E-state index contributed by atoms with van der Waals surface area (Å²) in [6, 6.07) is 7.47. The fourth-order valence-corrected chi connectivity index (χ4v) is 3.47. The minimum atomic E-state index is -0.446. The average Bonchev–Trinajstić information content (AvgIpc) is 3.19. The van der Waals surface area contributed by atoms with E-state index in [1.165, 1.54) is 24.4 Å². The van der Waals surface area contributed by atoms with Crippen molar-refractivity contribution in [1.82, 2.24) is 15.1 Å². The summed E-state index contributed by atoms with van der Waals surface area (Å²) in [7, 11) is 0. The summed E-state index contributed by atoms with van der Waals surface area (Å²) in [4.78, 5) is 21.3. The molecule has 1 fully saturated rings. The first-order valence-corrected chi connectivity index (χ1v) is 8.97. The normalized spacial score (nSPS) is 16.9. The summed E-state index contributed by atoms with van der Waals surface area (Å²) in [6.45, 7) is 3.26. The minimum Gasteiger partial charge on any atom is -0.356 e. The third-order valence-corrected chi connectivity index (χ3v) is 4.86. The van der Waals surface area contributed by atoms with E-state index in [1.54, 1.807) is 12.1 Å². The standard InChI is InChI=1S/C19H18FN5O3/c1-12-9-16(25(26)27)10-21-18(12)24-8-2-3-14(11-24)19-22-17(23-28-19)13-4-6-15(20)7-5-13/h4-7,9-10,14H,2-3,8,11H2,1H3. The first-order valence-electron chi connectivity index (χ1n) is 8.97. The Morgan fingerprint density at radius 3 is 2.82 bits per heavy atom. The number of hydrogen-bond acceptors (Lipinski definition) is 7. The van der Waals surface area contributed by atoms with Crippen LogP contribution in [0.3, 0.4) is 0 Å². The van der Waals surface area contributed by atoms with Gasteiger partial charge in [-0.15, -0.1) is 0 Å². The first-order chi connectivity index (χ1) is 13.5. The number of halogens is 1. The zero-order valence-electron chi connectivity index (χ0n) is 15.2. The predicted octanol–water partition coefficient (Wildman–Crippen LogP) is 3.87. The fraction of sp³-hybridized carbons (Fsp3) is 0.316. The molecular weight excluding hydrogens is 365 g/mol. The van der Waals surface area contributed by atoms with Gasteiger partial charge in [0.2, 0.25) is 11.7 Å². The van der Waals surface area contributed by atoms with Gasteiger partial charge < -0.3 is 9.42 Å². The second-order valence-corrected chi connectivity index (χ2v) is 6.84. The Balaban J connectivity index is 1.53. The molecule has 1 aliphatic heterocycles. The highest BCUT2D eigenvalue weighted by atomic mass is 19.1. The van der Waals surface area contributed by atoms with Crippen LogP contribution in [0.2, 0.25) is 0 Å². The van der Waals surface area contributed by atoms with Crippen molar-refractivity contribution >= 4 is 11.5 Å². The van der Waals surface area contributed by atoms with Crippen LogP contribution >= 0.6 is 0 Å². The second-order valence-electron chi connectivity index (χ2n) is 6.84. The van der Waals surface area contributed by atoms with Gasteiger partial charge in [0, 0.05) is 24.7 Å². The molecule has 1 aromatic carbocycles. The lowest BCUT2D eigenvalue weighted by molar-refractivity contribution is -0.385. The van der Waals surface area contributed by atoms with E-state index in [0.717, 1.165) is 30.8 Å². The van der Waals surface area contributed by atoms with Crippen LogP contribution in [0, 0.1) is 22.9 Å². The molecule has 1 saturated heterocycles. The van der Waals surface area contributed by atoms with Crippen molar-refractivity contribution in [1.29, 1.82) is 0 Å². The number of hydrogen-bond donors (Lipinski definition) is 0. The Morgan fingerprint density at radius 1 is 1.32 bits per heavy atom. The number of nitrogens with zero attached hydrogens (tertiary/aromatic N) is 5. The van der Waals surface area contributed by atoms with E-state index in [1.807, 2.05) is 6.92 Å². The van der Waals surface area contributed by atoms with Crippen LogP contribution in [0.25, 0.3) is 11.4 Å². The van der Waals surface area contributed by atoms with Gasteiger partial charge >= 0.3 is 0 Å². The van der Waals surface area contributed by atoms with Gasteiger partial charge in [-0.2, -0.15) is 4.98 Å². The van der Waals surface area contributed by atoms with Gasteiger partial charge in [-0.1, -0.05) is 5.16 Å². The molecule has 0 N–H and O–H groups in total. The number of nitro groups is 1. The van der Waals surface area contributed by atoms with Crippen molar-refractivity contribution in [3.63, 3.8) is 0 Å². The van der Waals surface area contributed by atoms with Gasteiger partial charge in [0.05, 0.1) is 10.8 Å². The largest absolute Gasteiger partial charge is 0.356 e. The predicted molar refractivity (Wildman–Crippen MR) is 99.5 cm³/mol. The van der Waals surface area contributed by atoms with Gasteiger partial charge in [-0.25, -0.2) is 9.37 Å². The highest BCUT2D eigenvalue weighted by molar-refractivity contribution is 5.54. The lowest BCUT2D eigenvalue weighted by atomic mass is 9.97. The summed E-state index contributed by atoms with van der Waals surface area (Å²) in [6.07, 6.45) is 3.09. The van der Waals surface area contributed by atoms with Crippen molar-refractivity contribution < 1.29 is 13.8 Å². The molecule has 1 atom stereocenters. The zero-order chi connectivity index (χ0) is 19.7. The summed E-state index contributed by atoms with van der Waals surface area (Å²) in [5.74, 6) is 1.40.